The molecule has 3 fully saturated rings. The highest BCUT2D eigenvalue weighted by atomic mass is 16.5. The Morgan fingerprint density at radius 1 is 1.33 bits per heavy atom. The zero-order valence-corrected chi connectivity index (χ0v) is 11.2. The highest BCUT2D eigenvalue weighted by Crippen LogP contribution is 2.31. The molecule has 1 aliphatic heterocycles. The van der Waals surface area contributed by atoms with Crippen molar-refractivity contribution in [3.05, 3.63) is 0 Å². The van der Waals surface area contributed by atoms with Crippen LogP contribution >= 0.6 is 0 Å². The van der Waals surface area contributed by atoms with Crippen LogP contribution in [-0.2, 0) is 9.53 Å². The van der Waals surface area contributed by atoms with E-state index in [2.05, 4.69) is 10.2 Å². The van der Waals surface area contributed by atoms with E-state index >= 15 is 0 Å². The fraction of sp³-hybridized carbons (Fsp3) is 0.929. The van der Waals surface area contributed by atoms with E-state index in [4.69, 9.17) is 4.74 Å². The Kier molecular flexibility index (Phi) is 3.57. The summed E-state index contributed by atoms with van der Waals surface area (Å²) in [4.78, 5) is 14.5. The molecule has 0 aromatic rings. The monoisotopic (exact) mass is 252 g/mol. The van der Waals surface area contributed by atoms with Crippen molar-refractivity contribution < 1.29 is 9.53 Å². The second kappa shape index (κ2) is 5.17. The maximum absolute atomic E-state index is 12.4. The Bertz CT molecular complexity index is 311. The van der Waals surface area contributed by atoms with Crippen LogP contribution in [0.15, 0.2) is 0 Å². The van der Waals surface area contributed by atoms with Crippen LogP contribution < -0.4 is 5.32 Å². The van der Waals surface area contributed by atoms with Crippen molar-refractivity contribution in [2.45, 2.75) is 69.7 Å². The lowest BCUT2D eigenvalue weighted by molar-refractivity contribution is -0.145. The number of carbonyl (C=O) groups is 1. The Balaban J connectivity index is 1.51. The van der Waals surface area contributed by atoms with E-state index in [1.165, 1.54) is 12.8 Å². The molecular formula is C14H24N2O2. The van der Waals surface area contributed by atoms with Gasteiger partial charge in [-0.3, -0.25) is 4.79 Å². The molecule has 0 aromatic heterocycles. The van der Waals surface area contributed by atoms with Crippen molar-refractivity contribution in [1.29, 1.82) is 0 Å². The molecule has 1 heterocycles. The molecule has 3 aliphatic rings. The van der Waals surface area contributed by atoms with Crippen molar-refractivity contribution in [3.8, 4) is 0 Å². The van der Waals surface area contributed by atoms with Gasteiger partial charge >= 0.3 is 0 Å². The van der Waals surface area contributed by atoms with Crippen LogP contribution in [0.4, 0.5) is 0 Å². The second-order valence-electron chi connectivity index (χ2n) is 5.87. The van der Waals surface area contributed by atoms with Crippen molar-refractivity contribution in [1.82, 2.24) is 10.2 Å². The molecule has 2 saturated carbocycles. The van der Waals surface area contributed by atoms with Crippen LogP contribution in [0.3, 0.4) is 0 Å². The topological polar surface area (TPSA) is 41.6 Å². The van der Waals surface area contributed by atoms with Crippen molar-refractivity contribution in [2.24, 2.45) is 0 Å². The zero-order valence-electron chi connectivity index (χ0n) is 11.2. The molecule has 3 rings (SSSR count). The van der Waals surface area contributed by atoms with Gasteiger partial charge in [-0.15, -0.1) is 0 Å². The Morgan fingerprint density at radius 2 is 2.11 bits per heavy atom. The lowest BCUT2D eigenvalue weighted by atomic mass is 9.86. The summed E-state index contributed by atoms with van der Waals surface area (Å²) in [7, 11) is 0. The van der Waals surface area contributed by atoms with Gasteiger partial charge in [0.1, 0.15) is 0 Å². The number of nitrogens with one attached hydrogen (secondary N) is 1. The fourth-order valence-corrected chi connectivity index (χ4v) is 3.12. The molecular weight excluding hydrogens is 228 g/mol. The minimum Gasteiger partial charge on any atom is -0.378 e. The summed E-state index contributed by atoms with van der Waals surface area (Å²) in [6.07, 6.45) is 7.13. The number of ether oxygens (including phenoxy) is 1. The van der Waals surface area contributed by atoms with Crippen molar-refractivity contribution in [2.75, 3.05) is 13.2 Å². The third-order valence-electron chi connectivity index (χ3n) is 4.40. The average Bonchev–Trinajstić information content (AvgIpc) is 3.11. The molecule has 1 unspecified atom stereocenters. The zero-order chi connectivity index (χ0) is 12.5. The maximum Gasteiger partial charge on any atom is 0.239 e. The van der Waals surface area contributed by atoms with Crippen LogP contribution in [0, 0.1) is 0 Å². The quantitative estimate of drug-likeness (QED) is 0.802. The number of likely N-dealkylation sites (tertiary alicyclic amines) is 1. The third kappa shape index (κ3) is 2.54. The standard InChI is InChI=1S/C14H24N2O2/c1-2-18-12-8-11(9-12)16-7-3-4-13(14(16)17)15-10-5-6-10/h10-13,15H,2-9H2,1H3. The number of piperidine rings is 1. The van der Waals surface area contributed by atoms with Gasteiger partial charge in [0.15, 0.2) is 0 Å². The van der Waals surface area contributed by atoms with Gasteiger partial charge in [0.2, 0.25) is 5.91 Å². The molecule has 102 valence electrons. The largest absolute Gasteiger partial charge is 0.378 e. The molecule has 2 aliphatic carbocycles. The number of rotatable bonds is 5. The van der Waals surface area contributed by atoms with Crippen LogP contribution in [0.1, 0.15) is 45.4 Å². The minimum absolute atomic E-state index is 0.0948. The first-order valence-electron chi connectivity index (χ1n) is 7.46. The summed E-state index contributed by atoms with van der Waals surface area (Å²) in [6, 6.07) is 1.16. The van der Waals surface area contributed by atoms with Crippen LogP contribution in [0.5, 0.6) is 0 Å². The lowest BCUT2D eigenvalue weighted by Gasteiger charge is -2.45. The number of nitrogens with zero attached hydrogens (tertiary/aromatic N) is 1. The third-order valence-corrected chi connectivity index (χ3v) is 4.40. The molecule has 4 heteroatoms. The van der Waals surface area contributed by atoms with Gasteiger partial charge in [-0.25, -0.2) is 0 Å². The highest BCUT2D eigenvalue weighted by Gasteiger charge is 2.41. The van der Waals surface area contributed by atoms with E-state index in [1.807, 2.05) is 6.92 Å². The smallest absolute Gasteiger partial charge is 0.239 e. The van der Waals surface area contributed by atoms with Crippen molar-refractivity contribution >= 4 is 5.91 Å². The molecule has 0 radical (unpaired) electrons. The number of amides is 1. The Morgan fingerprint density at radius 3 is 2.78 bits per heavy atom. The van der Waals surface area contributed by atoms with E-state index in [-0.39, 0.29) is 6.04 Å². The first kappa shape index (κ1) is 12.4. The summed E-state index contributed by atoms with van der Waals surface area (Å²) < 4.78 is 5.58. The molecule has 1 saturated heterocycles. The summed E-state index contributed by atoms with van der Waals surface area (Å²) in [6.45, 7) is 3.78. The molecule has 18 heavy (non-hydrogen) atoms. The van der Waals surface area contributed by atoms with Gasteiger partial charge in [0.25, 0.3) is 0 Å². The number of hydrogen-bond donors (Lipinski definition) is 1. The molecule has 0 bridgehead atoms. The van der Waals surface area contributed by atoms with E-state index in [1.54, 1.807) is 0 Å². The summed E-state index contributed by atoms with van der Waals surface area (Å²) in [5, 5.41) is 3.49. The van der Waals surface area contributed by atoms with Crippen molar-refractivity contribution in [3.63, 3.8) is 0 Å². The van der Waals surface area contributed by atoms with Gasteiger partial charge in [0, 0.05) is 25.2 Å². The van der Waals surface area contributed by atoms with E-state index in [0.29, 0.717) is 24.1 Å². The van der Waals surface area contributed by atoms with Gasteiger partial charge < -0.3 is 15.0 Å². The lowest BCUT2D eigenvalue weighted by Crippen LogP contribution is -2.58. The highest BCUT2D eigenvalue weighted by molar-refractivity contribution is 5.83. The predicted octanol–water partition coefficient (Wildman–Crippen LogP) is 1.30. The molecule has 0 spiro atoms. The van der Waals surface area contributed by atoms with Gasteiger partial charge in [-0.2, -0.15) is 0 Å². The maximum atomic E-state index is 12.4. The first-order chi connectivity index (χ1) is 8.78. The molecule has 1 atom stereocenters. The first-order valence-corrected chi connectivity index (χ1v) is 7.46. The Labute approximate surface area is 109 Å². The van der Waals surface area contributed by atoms with E-state index in [0.717, 1.165) is 38.8 Å². The fourth-order valence-electron chi connectivity index (χ4n) is 3.12. The molecule has 1 N–H and O–H groups in total. The van der Waals surface area contributed by atoms with E-state index < -0.39 is 0 Å². The molecule has 1 amide bonds. The Hall–Kier alpha value is -0.610. The normalized spacial score (nSPS) is 36.6. The summed E-state index contributed by atoms with van der Waals surface area (Å²) >= 11 is 0. The SMILES string of the molecule is CCOC1CC(N2CCCC(NC3CC3)C2=O)C1. The van der Waals surface area contributed by atoms with Gasteiger partial charge in [0.05, 0.1) is 12.1 Å². The number of hydrogen-bond acceptors (Lipinski definition) is 3. The second-order valence-corrected chi connectivity index (χ2v) is 5.87. The summed E-state index contributed by atoms with van der Waals surface area (Å²) in [5.41, 5.74) is 0. The van der Waals surface area contributed by atoms with Crippen LogP contribution in [-0.4, -0.2) is 48.2 Å². The number of carbonyl (C=O) groups excluding carboxylic acids is 1. The van der Waals surface area contributed by atoms with Crippen LogP contribution in [0.2, 0.25) is 0 Å². The molecule has 4 nitrogen and oxygen atoms in total. The average molecular weight is 252 g/mol. The minimum atomic E-state index is 0.0948. The van der Waals surface area contributed by atoms with Gasteiger partial charge in [-0.1, -0.05) is 0 Å². The molecule has 0 aromatic carbocycles. The van der Waals surface area contributed by atoms with Crippen LogP contribution in [0.25, 0.3) is 0 Å². The predicted molar refractivity (Wildman–Crippen MR) is 69.3 cm³/mol. The summed E-state index contributed by atoms with van der Waals surface area (Å²) in [5.74, 6) is 0.341. The van der Waals surface area contributed by atoms with E-state index in [9.17, 15) is 4.79 Å². The van der Waals surface area contributed by atoms with Gasteiger partial charge in [-0.05, 0) is 45.4 Å².